The van der Waals surface area contributed by atoms with Gasteiger partial charge < -0.3 is 10.1 Å². The molecule has 2 aromatic heterocycles. The molecule has 0 fully saturated rings. The van der Waals surface area contributed by atoms with Crippen LogP contribution in [0.4, 0.5) is 17.2 Å². The second kappa shape index (κ2) is 8.53. The summed E-state index contributed by atoms with van der Waals surface area (Å²) in [5.74, 6) is 0.542. The minimum absolute atomic E-state index is 0.000566. The standard InChI is InChI=1S/C19H17ClN6O3/c1-4-6-15-14(5-2)24-19(25(15)3)29-13-9-7-12(8-10-13)23-18-16(26(27)28)17(20)21-11-22-18/h4-11H,2H2,1,3H3,(H,21,22,23)/b6-4-. The van der Waals surface area contributed by atoms with E-state index in [1.807, 2.05) is 30.7 Å². The van der Waals surface area contributed by atoms with E-state index < -0.39 is 10.6 Å². The molecule has 0 atom stereocenters. The van der Waals surface area contributed by atoms with Crippen LogP contribution in [0.5, 0.6) is 11.8 Å². The van der Waals surface area contributed by atoms with Crippen LogP contribution in [0.25, 0.3) is 12.2 Å². The van der Waals surface area contributed by atoms with Crippen molar-refractivity contribution in [3.05, 3.63) is 69.9 Å². The smallest absolute Gasteiger partial charge is 0.348 e. The first-order valence-electron chi connectivity index (χ1n) is 8.46. The van der Waals surface area contributed by atoms with E-state index in [1.54, 1.807) is 30.3 Å². The average molecular weight is 413 g/mol. The average Bonchev–Trinajstić information content (AvgIpc) is 2.98. The summed E-state index contributed by atoms with van der Waals surface area (Å²) >= 11 is 5.80. The normalized spacial score (nSPS) is 10.9. The molecule has 0 unspecified atom stereocenters. The van der Waals surface area contributed by atoms with Crippen molar-refractivity contribution in [3.63, 3.8) is 0 Å². The second-order valence-corrected chi connectivity index (χ2v) is 6.16. The number of halogens is 1. The first-order chi connectivity index (χ1) is 13.9. The lowest BCUT2D eigenvalue weighted by molar-refractivity contribution is -0.384. The molecule has 0 saturated carbocycles. The molecule has 0 saturated heterocycles. The van der Waals surface area contributed by atoms with Gasteiger partial charge in [0.25, 0.3) is 0 Å². The Labute approximate surface area is 171 Å². The molecule has 0 radical (unpaired) electrons. The molecular formula is C19H17ClN6O3. The quantitative estimate of drug-likeness (QED) is 0.331. The maximum absolute atomic E-state index is 11.2. The van der Waals surface area contributed by atoms with E-state index in [9.17, 15) is 10.1 Å². The lowest BCUT2D eigenvalue weighted by Gasteiger charge is -2.09. The first-order valence-corrected chi connectivity index (χ1v) is 8.84. The summed E-state index contributed by atoms with van der Waals surface area (Å²) in [6, 6.07) is 7.20. The van der Waals surface area contributed by atoms with E-state index in [0.29, 0.717) is 23.1 Å². The van der Waals surface area contributed by atoms with Crippen LogP contribution in [0, 0.1) is 10.1 Å². The van der Waals surface area contributed by atoms with Gasteiger partial charge in [-0.05, 0) is 43.3 Å². The summed E-state index contributed by atoms with van der Waals surface area (Å²) in [7, 11) is 1.85. The van der Waals surface area contributed by atoms with Gasteiger partial charge in [-0.2, -0.15) is 4.98 Å². The number of nitrogens with zero attached hydrogens (tertiary/aromatic N) is 5. The molecule has 0 bridgehead atoms. The fourth-order valence-electron chi connectivity index (χ4n) is 2.57. The number of anilines is 2. The van der Waals surface area contributed by atoms with Crippen molar-refractivity contribution in [2.24, 2.45) is 7.05 Å². The highest BCUT2D eigenvalue weighted by atomic mass is 35.5. The van der Waals surface area contributed by atoms with Crippen LogP contribution in [0.15, 0.2) is 43.2 Å². The van der Waals surface area contributed by atoms with Crippen LogP contribution in [0.2, 0.25) is 5.15 Å². The van der Waals surface area contributed by atoms with Crippen molar-refractivity contribution >= 4 is 40.9 Å². The molecule has 29 heavy (non-hydrogen) atoms. The number of imidazole rings is 1. The van der Waals surface area contributed by atoms with Gasteiger partial charge >= 0.3 is 11.7 Å². The van der Waals surface area contributed by atoms with E-state index in [1.165, 1.54) is 0 Å². The molecule has 0 aliphatic heterocycles. The lowest BCUT2D eigenvalue weighted by atomic mass is 10.3. The van der Waals surface area contributed by atoms with Gasteiger partial charge in [0.1, 0.15) is 12.1 Å². The molecule has 3 rings (SSSR count). The van der Waals surface area contributed by atoms with Gasteiger partial charge in [-0.15, -0.1) is 0 Å². The number of rotatable bonds is 7. The Bertz CT molecular complexity index is 1090. The van der Waals surface area contributed by atoms with Crippen molar-refractivity contribution in [1.82, 2.24) is 19.5 Å². The van der Waals surface area contributed by atoms with Gasteiger partial charge in [-0.25, -0.2) is 9.97 Å². The van der Waals surface area contributed by atoms with E-state index in [2.05, 4.69) is 26.8 Å². The summed E-state index contributed by atoms with van der Waals surface area (Å²) in [6.45, 7) is 5.69. The highest BCUT2D eigenvalue weighted by Gasteiger charge is 2.21. The van der Waals surface area contributed by atoms with Gasteiger partial charge in [0.05, 0.1) is 16.3 Å². The SMILES string of the molecule is C=Cc1nc(Oc2ccc(Nc3ncnc(Cl)c3[N+](=O)[O-])cc2)n(C)c1/C=C\C. The monoisotopic (exact) mass is 412 g/mol. The number of hydrogen-bond donors (Lipinski definition) is 1. The predicted molar refractivity (Wildman–Crippen MR) is 112 cm³/mol. The molecule has 2 heterocycles. The third-order valence-electron chi connectivity index (χ3n) is 3.93. The molecule has 0 aliphatic rings. The number of nitro groups is 1. The first kappa shape index (κ1) is 20.0. The van der Waals surface area contributed by atoms with Crippen molar-refractivity contribution in [1.29, 1.82) is 0 Å². The summed E-state index contributed by atoms with van der Waals surface area (Å²) in [4.78, 5) is 22.5. The van der Waals surface area contributed by atoms with Crippen molar-refractivity contribution in [3.8, 4) is 11.8 Å². The molecule has 148 valence electrons. The zero-order chi connectivity index (χ0) is 21.0. The third kappa shape index (κ3) is 4.25. The maximum atomic E-state index is 11.2. The largest absolute Gasteiger partial charge is 0.425 e. The zero-order valence-electron chi connectivity index (χ0n) is 15.7. The van der Waals surface area contributed by atoms with Crippen LogP contribution in [-0.4, -0.2) is 24.4 Å². The number of aromatic nitrogens is 4. The van der Waals surface area contributed by atoms with Gasteiger partial charge in [0.15, 0.2) is 0 Å². The van der Waals surface area contributed by atoms with Gasteiger partial charge in [-0.1, -0.05) is 24.3 Å². The van der Waals surface area contributed by atoms with E-state index >= 15 is 0 Å². The minimum Gasteiger partial charge on any atom is -0.425 e. The summed E-state index contributed by atoms with van der Waals surface area (Å²) < 4.78 is 7.67. The van der Waals surface area contributed by atoms with Crippen LogP contribution < -0.4 is 10.1 Å². The Balaban J connectivity index is 1.81. The van der Waals surface area contributed by atoms with Crippen LogP contribution >= 0.6 is 11.6 Å². The van der Waals surface area contributed by atoms with E-state index in [4.69, 9.17) is 16.3 Å². The topological polar surface area (TPSA) is 108 Å². The maximum Gasteiger partial charge on any atom is 0.348 e. The van der Waals surface area contributed by atoms with E-state index in [0.717, 1.165) is 12.0 Å². The van der Waals surface area contributed by atoms with Gasteiger partial charge in [0, 0.05) is 12.7 Å². The summed E-state index contributed by atoms with van der Waals surface area (Å²) in [6.07, 6.45) is 6.64. The number of hydrogen-bond acceptors (Lipinski definition) is 7. The van der Waals surface area contributed by atoms with Crippen LogP contribution in [0.3, 0.4) is 0 Å². The van der Waals surface area contributed by atoms with Crippen LogP contribution in [0.1, 0.15) is 18.3 Å². The van der Waals surface area contributed by atoms with Crippen LogP contribution in [-0.2, 0) is 7.05 Å². The Morgan fingerprint density at radius 1 is 1.31 bits per heavy atom. The Hall–Kier alpha value is -3.72. The fourth-order valence-corrected chi connectivity index (χ4v) is 2.77. The highest BCUT2D eigenvalue weighted by molar-refractivity contribution is 6.31. The third-order valence-corrected chi connectivity index (χ3v) is 4.21. The van der Waals surface area contributed by atoms with Crippen molar-refractivity contribution in [2.75, 3.05) is 5.32 Å². The molecule has 0 spiro atoms. The highest BCUT2D eigenvalue weighted by Crippen LogP contribution is 2.31. The molecule has 0 aliphatic carbocycles. The number of allylic oxidation sites excluding steroid dienone is 1. The minimum atomic E-state index is -0.636. The molecule has 3 aromatic rings. The molecule has 1 aromatic carbocycles. The Morgan fingerprint density at radius 2 is 2.03 bits per heavy atom. The number of ether oxygens (including phenoxy) is 1. The van der Waals surface area contributed by atoms with Gasteiger partial charge in [0.2, 0.25) is 11.0 Å². The summed E-state index contributed by atoms with van der Waals surface area (Å²) in [5, 5.41) is 13.8. The molecule has 10 heteroatoms. The number of benzene rings is 1. The molecule has 1 N–H and O–H groups in total. The molecule has 9 nitrogen and oxygen atoms in total. The fraction of sp³-hybridized carbons (Fsp3) is 0.105. The number of nitrogens with one attached hydrogen (secondary N) is 1. The predicted octanol–water partition coefficient (Wildman–Crippen LogP) is 4.98. The van der Waals surface area contributed by atoms with Crippen molar-refractivity contribution in [2.45, 2.75) is 6.92 Å². The zero-order valence-corrected chi connectivity index (χ0v) is 16.4. The van der Waals surface area contributed by atoms with Crippen molar-refractivity contribution < 1.29 is 9.66 Å². The second-order valence-electron chi connectivity index (χ2n) is 5.80. The lowest BCUT2D eigenvalue weighted by Crippen LogP contribution is -2.01. The van der Waals surface area contributed by atoms with Gasteiger partial charge in [-0.3, -0.25) is 14.7 Å². The Morgan fingerprint density at radius 3 is 2.66 bits per heavy atom. The molecular weight excluding hydrogens is 396 g/mol. The van der Waals surface area contributed by atoms with E-state index in [-0.39, 0.29) is 11.0 Å². The molecule has 0 amide bonds. The Kier molecular flexibility index (Phi) is 5.89. The summed E-state index contributed by atoms with van der Waals surface area (Å²) in [5.41, 5.74) is 1.77.